The fourth-order valence-corrected chi connectivity index (χ4v) is 2.74. The molecule has 0 fully saturated rings. The second kappa shape index (κ2) is 10.7. The van der Waals surface area contributed by atoms with Gasteiger partial charge in [-0.05, 0) is 18.1 Å². The van der Waals surface area contributed by atoms with Crippen molar-refractivity contribution >= 4 is 17.8 Å². The van der Waals surface area contributed by atoms with Crippen LogP contribution in [-0.4, -0.2) is 27.9 Å². The topological polar surface area (TPSA) is 102 Å². The molecule has 1 aromatic carbocycles. The number of anilines is 1. The van der Waals surface area contributed by atoms with Crippen LogP contribution in [0.15, 0.2) is 71.6 Å². The number of hydrogen-bond acceptors (Lipinski definition) is 5. The summed E-state index contributed by atoms with van der Waals surface area (Å²) in [5.74, 6) is -1.16. The van der Waals surface area contributed by atoms with Gasteiger partial charge in [0.25, 0.3) is 11.5 Å². The summed E-state index contributed by atoms with van der Waals surface area (Å²) in [6, 6.07) is 9.23. The third-order valence-corrected chi connectivity index (χ3v) is 4.23. The van der Waals surface area contributed by atoms with Crippen molar-refractivity contribution in [2.24, 2.45) is 0 Å². The molecule has 0 atom stereocenters. The Morgan fingerprint density at radius 3 is 2.74 bits per heavy atom. The normalized spacial score (nSPS) is 12.4. The third kappa shape index (κ3) is 5.79. The lowest BCUT2D eigenvalue weighted by molar-refractivity contribution is -0.115. The number of amides is 2. The lowest BCUT2D eigenvalue weighted by Gasteiger charge is -2.13. The average molecular weight is 422 g/mol. The van der Waals surface area contributed by atoms with E-state index in [1.54, 1.807) is 12.2 Å². The Morgan fingerprint density at radius 2 is 2.03 bits per heavy atom. The number of rotatable bonds is 8. The first kappa shape index (κ1) is 23.3. The number of nitrogens with one attached hydrogen (secondary N) is 2. The second-order valence-corrected chi connectivity index (χ2v) is 6.55. The second-order valence-electron chi connectivity index (χ2n) is 6.55. The molecule has 31 heavy (non-hydrogen) atoms. The predicted octanol–water partition coefficient (Wildman–Crippen LogP) is 2.83. The summed E-state index contributed by atoms with van der Waals surface area (Å²) in [5.41, 5.74) is 0.714. The highest BCUT2D eigenvalue weighted by molar-refractivity contribution is 5.97. The summed E-state index contributed by atoms with van der Waals surface area (Å²) < 4.78 is 6.83. The van der Waals surface area contributed by atoms with Gasteiger partial charge in [0.2, 0.25) is 17.6 Å². The first-order valence-electron chi connectivity index (χ1n) is 9.36. The molecule has 3 rings (SSSR count). The molecule has 0 unspecified atom stereocenters. The Hall–Kier alpha value is -3.94. The van der Waals surface area contributed by atoms with E-state index in [2.05, 4.69) is 22.2 Å². The Balaban J connectivity index is 0.00000341. The van der Waals surface area contributed by atoms with Gasteiger partial charge < -0.3 is 10.1 Å². The molecule has 0 spiro atoms. The van der Waals surface area contributed by atoms with Gasteiger partial charge >= 0.3 is 0 Å². The monoisotopic (exact) mass is 422 g/mol. The molecule has 0 aliphatic carbocycles. The molecule has 2 N–H and O–H groups in total. The number of hydrogen-bond donors (Lipinski definition) is 2. The van der Waals surface area contributed by atoms with E-state index in [-0.39, 0.29) is 50.4 Å². The maximum atomic E-state index is 12.9. The minimum Gasteiger partial charge on any atom is -0.481 e. The maximum Gasteiger partial charge on any atom is 0.298 e. The summed E-state index contributed by atoms with van der Waals surface area (Å²) in [6.45, 7) is 5.83. The molecule has 0 saturated carbocycles. The molecule has 0 bridgehead atoms. The number of aromatic nitrogens is 2. The van der Waals surface area contributed by atoms with E-state index < -0.39 is 11.5 Å². The SMILES string of the molecule is C.C=C(/C=C\C=C/C)CNC(=O)c1nc2n(c(=O)c1OCc1ccccc1)CC(=O)N2. The van der Waals surface area contributed by atoms with E-state index in [0.717, 1.165) is 10.1 Å². The van der Waals surface area contributed by atoms with Crippen LogP contribution in [0.25, 0.3) is 0 Å². The highest BCUT2D eigenvalue weighted by Crippen LogP contribution is 2.19. The zero-order valence-electron chi connectivity index (χ0n) is 16.6. The standard InChI is InChI=1S/C22H22N4O4.CH4/c1-3-4-6-9-15(2)12-23-20(28)18-19(30-14-16-10-7-5-8-11-16)21(29)26-13-17(27)24-22(26)25-18;/h3-11H,2,12-14H2,1H3,(H,23,28)(H,24,25,27);1H4/b4-3-,9-6-;. The van der Waals surface area contributed by atoms with Crippen LogP contribution in [-0.2, 0) is 17.9 Å². The summed E-state index contributed by atoms with van der Waals surface area (Å²) in [7, 11) is 0. The Morgan fingerprint density at radius 1 is 1.29 bits per heavy atom. The van der Waals surface area contributed by atoms with Crippen molar-refractivity contribution in [3.05, 3.63) is 88.4 Å². The van der Waals surface area contributed by atoms with Crippen molar-refractivity contribution in [3.63, 3.8) is 0 Å². The van der Waals surface area contributed by atoms with Gasteiger partial charge in [-0.3, -0.25) is 24.3 Å². The molecule has 2 amide bonds. The predicted molar refractivity (Wildman–Crippen MR) is 120 cm³/mol. The molecular formula is C23H26N4O4. The van der Waals surface area contributed by atoms with Gasteiger partial charge in [-0.2, -0.15) is 0 Å². The smallest absolute Gasteiger partial charge is 0.298 e. The highest BCUT2D eigenvalue weighted by Gasteiger charge is 2.28. The highest BCUT2D eigenvalue weighted by atomic mass is 16.5. The lowest BCUT2D eigenvalue weighted by Crippen LogP contribution is -2.31. The number of ether oxygens (including phenoxy) is 1. The molecule has 1 aromatic heterocycles. The number of allylic oxidation sites excluding steroid dienone is 3. The van der Waals surface area contributed by atoms with E-state index in [4.69, 9.17) is 4.74 Å². The molecule has 0 radical (unpaired) electrons. The molecular weight excluding hydrogens is 396 g/mol. The number of fused-ring (bicyclic) bond motifs is 1. The zero-order valence-corrected chi connectivity index (χ0v) is 16.6. The summed E-state index contributed by atoms with van der Waals surface area (Å²) in [6.07, 6.45) is 7.28. The first-order valence-corrected chi connectivity index (χ1v) is 9.36. The zero-order chi connectivity index (χ0) is 21.5. The quantitative estimate of drug-likeness (QED) is 0.637. The largest absolute Gasteiger partial charge is 0.481 e. The Bertz CT molecular complexity index is 1080. The van der Waals surface area contributed by atoms with Crippen molar-refractivity contribution < 1.29 is 14.3 Å². The summed E-state index contributed by atoms with van der Waals surface area (Å²) in [4.78, 5) is 41.5. The van der Waals surface area contributed by atoms with Gasteiger partial charge in [0.15, 0.2) is 5.69 Å². The molecule has 162 valence electrons. The van der Waals surface area contributed by atoms with Crippen LogP contribution in [0.1, 0.15) is 30.4 Å². The van der Waals surface area contributed by atoms with Crippen LogP contribution < -0.4 is 20.9 Å². The Labute approximate surface area is 181 Å². The van der Waals surface area contributed by atoms with Gasteiger partial charge in [0, 0.05) is 6.54 Å². The fourth-order valence-electron chi connectivity index (χ4n) is 2.74. The van der Waals surface area contributed by atoms with Gasteiger partial charge in [-0.15, -0.1) is 0 Å². The van der Waals surface area contributed by atoms with Gasteiger partial charge in [0.05, 0.1) is 0 Å². The van der Waals surface area contributed by atoms with Crippen LogP contribution in [0, 0.1) is 0 Å². The Kier molecular flexibility index (Phi) is 8.08. The summed E-state index contributed by atoms with van der Waals surface area (Å²) in [5, 5.41) is 5.15. The molecule has 8 heteroatoms. The molecule has 1 aliphatic rings. The van der Waals surface area contributed by atoms with Gasteiger partial charge in [0.1, 0.15) is 13.2 Å². The van der Waals surface area contributed by atoms with E-state index in [9.17, 15) is 14.4 Å². The van der Waals surface area contributed by atoms with Crippen molar-refractivity contribution in [2.75, 3.05) is 11.9 Å². The van der Waals surface area contributed by atoms with Crippen molar-refractivity contribution in [2.45, 2.75) is 27.5 Å². The van der Waals surface area contributed by atoms with E-state index in [1.807, 2.05) is 49.4 Å². The van der Waals surface area contributed by atoms with E-state index in [0.29, 0.717) is 5.57 Å². The van der Waals surface area contributed by atoms with E-state index in [1.165, 1.54) is 0 Å². The van der Waals surface area contributed by atoms with Crippen molar-refractivity contribution in [1.29, 1.82) is 0 Å². The molecule has 8 nitrogen and oxygen atoms in total. The third-order valence-electron chi connectivity index (χ3n) is 4.23. The fraction of sp³-hybridized carbons (Fsp3) is 0.217. The molecule has 2 aromatic rings. The van der Waals surface area contributed by atoms with Crippen molar-refractivity contribution in [1.82, 2.24) is 14.9 Å². The van der Waals surface area contributed by atoms with Crippen LogP contribution in [0.2, 0.25) is 0 Å². The first-order chi connectivity index (χ1) is 14.5. The van der Waals surface area contributed by atoms with E-state index >= 15 is 0 Å². The molecule has 0 saturated heterocycles. The van der Waals surface area contributed by atoms with Gasteiger partial charge in [-0.1, -0.05) is 68.6 Å². The molecule has 1 aliphatic heterocycles. The number of carbonyl (C=O) groups excluding carboxylic acids is 2. The van der Waals surface area contributed by atoms with Crippen LogP contribution in [0.3, 0.4) is 0 Å². The molecule has 2 heterocycles. The van der Waals surface area contributed by atoms with Crippen LogP contribution in [0.4, 0.5) is 5.95 Å². The minimum absolute atomic E-state index is 0. The van der Waals surface area contributed by atoms with Gasteiger partial charge in [-0.25, -0.2) is 4.98 Å². The van der Waals surface area contributed by atoms with Crippen molar-refractivity contribution in [3.8, 4) is 5.75 Å². The number of carbonyl (C=O) groups is 2. The lowest BCUT2D eigenvalue weighted by atomic mass is 10.2. The van der Waals surface area contributed by atoms with Crippen LogP contribution >= 0.6 is 0 Å². The summed E-state index contributed by atoms with van der Waals surface area (Å²) >= 11 is 0. The maximum absolute atomic E-state index is 12.9. The number of nitrogens with zero attached hydrogens (tertiary/aromatic N) is 2. The van der Waals surface area contributed by atoms with Crippen LogP contribution in [0.5, 0.6) is 5.75 Å². The minimum atomic E-state index is -0.597. The average Bonchev–Trinajstić information content (AvgIpc) is 3.13. The number of benzene rings is 1.